The van der Waals surface area contributed by atoms with Crippen molar-refractivity contribution in [2.24, 2.45) is 0 Å². The Balaban J connectivity index is 1.37. The minimum atomic E-state index is 0.510. The van der Waals surface area contributed by atoms with Gasteiger partial charge in [-0.05, 0) is 66.9 Å². The maximum Gasteiger partial charge on any atom is 0.119 e. The fraction of sp³-hybridized carbons (Fsp3) is 0.360. The zero-order valence-corrected chi connectivity index (χ0v) is 19.4. The quantitative estimate of drug-likeness (QED) is 0.340. The van der Waals surface area contributed by atoms with Gasteiger partial charge in [0, 0.05) is 28.4 Å². The van der Waals surface area contributed by atoms with E-state index in [0.29, 0.717) is 39.6 Å². The standard InChI is InChI=1S/C25H28BrNO4/c1-28-12-13-29-14-15-30-16-17-31-21-9-7-20(8-10-21)27-24-5-3-2-4-22(24)23-18-19(26)6-11-25(23)27/h3,5-11,18H,2,4,12-17H2,1H3. The second kappa shape index (κ2) is 11.0. The summed E-state index contributed by atoms with van der Waals surface area (Å²) in [6, 6.07) is 14.8. The summed E-state index contributed by atoms with van der Waals surface area (Å²) in [5, 5.41) is 1.32. The smallest absolute Gasteiger partial charge is 0.119 e. The van der Waals surface area contributed by atoms with E-state index in [1.54, 1.807) is 7.11 Å². The van der Waals surface area contributed by atoms with Gasteiger partial charge in [0.05, 0.1) is 38.6 Å². The molecule has 0 saturated carbocycles. The summed E-state index contributed by atoms with van der Waals surface area (Å²) in [6.45, 7) is 3.37. The van der Waals surface area contributed by atoms with Crippen molar-refractivity contribution in [2.45, 2.75) is 12.8 Å². The summed E-state index contributed by atoms with van der Waals surface area (Å²) >= 11 is 3.62. The topological polar surface area (TPSA) is 41.9 Å². The van der Waals surface area contributed by atoms with Gasteiger partial charge in [-0.15, -0.1) is 0 Å². The Hall–Kier alpha value is -2.12. The van der Waals surface area contributed by atoms with Gasteiger partial charge < -0.3 is 23.5 Å². The molecule has 2 aromatic carbocycles. The number of aromatic nitrogens is 1. The second-order valence-corrected chi connectivity index (χ2v) is 8.28. The first-order valence-electron chi connectivity index (χ1n) is 10.6. The number of benzene rings is 2. The van der Waals surface area contributed by atoms with Crippen LogP contribution in [0.15, 0.2) is 53.0 Å². The highest BCUT2D eigenvalue weighted by Gasteiger charge is 2.18. The molecule has 0 unspecified atom stereocenters. The fourth-order valence-electron chi connectivity index (χ4n) is 3.86. The van der Waals surface area contributed by atoms with E-state index in [4.69, 9.17) is 18.9 Å². The van der Waals surface area contributed by atoms with Crippen LogP contribution in [0.5, 0.6) is 5.75 Å². The van der Waals surface area contributed by atoms with Gasteiger partial charge in [0.2, 0.25) is 0 Å². The predicted molar refractivity (Wildman–Crippen MR) is 127 cm³/mol. The Morgan fingerprint density at radius 2 is 1.65 bits per heavy atom. The van der Waals surface area contributed by atoms with Gasteiger partial charge in [-0.1, -0.05) is 22.0 Å². The molecule has 1 aromatic heterocycles. The Kier molecular flexibility index (Phi) is 7.81. The highest BCUT2D eigenvalue weighted by molar-refractivity contribution is 9.10. The van der Waals surface area contributed by atoms with E-state index in [0.717, 1.165) is 28.8 Å². The van der Waals surface area contributed by atoms with Crippen molar-refractivity contribution >= 4 is 32.9 Å². The average Bonchev–Trinajstić information content (AvgIpc) is 3.12. The number of nitrogens with zero attached hydrogens (tertiary/aromatic N) is 1. The van der Waals surface area contributed by atoms with Gasteiger partial charge in [-0.25, -0.2) is 0 Å². The van der Waals surface area contributed by atoms with Crippen LogP contribution in [0.4, 0.5) is 0 Å². The molecule has 0 N–H and O–H groups in total. The van der Waals surface area contributed by atoms with Gasteiger partial charge in [-0.3, -0.25) is 0 Å². The van der Waals surface area contributed by atoms with Crippen LogP contribution >= 0.6 is 15.9 Å². The second-order valence-electron chi connectivity index (χ2n) is 7.36. The number of methoxy groups -OCH3 is 1. The minimum Gasteiger partial charge on any atom is -0.491 e. The molecule has 0 amide bonds. The maximum absolute atomic E-state index is 5.82. The van der Waals surface area contributed by atoms with Crippen molar-refractivity contribution in [3.63, 3.8) is 0 Å². The van der Waals surface area contributed by atoms with Crippen LogP contribution in [0.3, 0.4) is 0 Å². The normalized spacial score (nSPS) is 13.0. The van der Waals surface area contributed by atoms with Crippen LogP contribution < -0.4 is 4.74 Å². The van der Waals surface area contributed by atoms with Crippen LogP contribution in [0, 0.1) is 0 Å². The third-order valence-corrected chi connectivity index (χ3v) is 5.80. The predicted octanol–water partition coefficient (Wildman–Crippen LogP) is 5.41. The molecule has 4 rings (SSSR count). The van der Waals surface area contributed by atoms with E-state index in [-0.39, 0.29) is 0 Å². The molecule has 0 saturated heterocycles. The van der Waals surface area contributed by atoms with Crippen molar-refractivity contribution in [1.29, 1.82) is 0 Å². The van der Waals surface area contributed by atoms with Gasteiger partial charge in [0.25, 0.3) is 0 Å². The fourth-order valence-corrected chi connectivity index (χ4v) is 4.22. The molecule has 164 valence electrons. The summed E-state index contributed by atoms with van der Waals surface area (Å²) in [5.41, 5.74) is 5.06. The van der Waals surface area contributed by atoms with E-state index in [1.807, 2.05) is 12.1 Å². The Morgan fingerprint density at radius 1 is 0.903 bits per heavy atom. The number of ether oxygens (including phenoxy) is 4. The van der Waals surface area contributed by atoms with Gasteiger partial charge in [0.1, 0.15) is 12.4 Å². The lowest BCUT2D eigenvalue weighted by Gasteiger charge is -2.13. The molecule has 0 spiro atoms. The molecule has 0 atom stereocenters. The summed E-state index contributed by atoms with van der Waals surface area (Å²) in [6.07, 6.45) is 6.66. The van der Waals surface area contributed by atoms with Crippen molar-refractivity contribution in [2.75, 3.05) is 46.8 Å². The molecule has 1 aliphatic carbocycles. The number of fused-ring (bicyclic) bond motifs is 3. The van der Waals surface area contributed by atoms with Crippen LogP contribution in [0.2, 0.25) is 0 Å². The lowest BCUT2D eigenvalue weighted by molar-refractivity contribution is 0.0180. The van der Waals surface area contributed by atoms with E-state index >= 15 is 0 Å². The minimum absolute atomic E-state index is 0.510. The van der Waals surface area contributed by atoms with E-state index in [9.17, 15) is 0 Å². The SMILES string of the molecule is COCCOCCOCCOc1ccc(-n2c3c(c4cc(Br)ccc42)CCC=C3)cc1. The highest BCUT2D eigenvalue weighted by Crippen LogP contribution is 2.35. The molecule has 6 heteroatoms. The molecule has 1 aliphatic rings. The molecule has 0 bridgehead atoms. The van der Waals surface area contributed by atoms with Crippen LogP contribution in [-0.2, 0) is 20.6 Å². The molecule has 3 aromatic rings. The molecular formula is C25H28BrNO4. The molecule has 1 heterocycles. The van der Waals surface area contributed by atoms with Gasteiger partial charge >= 0.3 is 0 Å². The molecule has 0 aliphatic heterocycles. The average molecular weight is 486 g/mol. The Labute approximate surface area is 191 Å². The van der Waals surface area contributed by atoms with Crippen LogP contribution in [0.1, 0.15) is 17.7 Å². The zero-order chi connectivity index (χ0) is 21.5. The number of hydrogen-bond acceptors (Lipinski definition) is 4. The van der Waals surface area contributed by atoms with Crippen LogP contribution in [0.25, 0.3) is 22.7 Å². The number of rotatable bonds is 11. The van der Waals surface area contributed by atoms with E-state index < -0.39 is 0 Å². The molecule has 0 fully saturated rings. The number of halogens is 1. The third kappa shape index (κ3) is 5.39. The monoisotopic (exact) mass is 485 g/mol. The first kappa shape index (κ1) is 22.1. The first-order valence-corrected chi connectivity index (χ1v) is 11.4. The number of allylic oxidation sites excluding steroid dienone is 1. The lowest BCUT2D eigenvalue weighted by Crippen LogP contribution is -2.12. The largest absolute Gasteiger partial charge is 0.491 e. The number of hydrogen-bond donors (Lipinski definition) is 0. The van der Waals surface area contributed by atoms with Crippen molar-refractivity contribution in [3.05, 3.63) is 64.3 Å². The summed E-state index contributed by atoms with van der Waals surface area (Å²) in [5.74, 6) is 0.840. The summed E-state index contributed by atoms with van der Waals surface area (Å²) in [4.78, 5) is 0. The summed E-state index contributed by atoms with van der Waals surface area (Å²) in [7, 11) is 1.66. The molecule has 0 radical (unpaired) electrons. The third-order valence-electron chi connectivity index (χ3n) is 5.31. The molecular weight excluding hydrogens is 458 g/mol. The highest BCUT2D eigenvalue weighted by atomic mass is 79.9. The van der Waals surface area contributed by atoms with E-state index in [2.05, 4.69) is 63.0 Å². The van der Waals surface area contributed by atoms with Crippen molar-refractivity contribution in [1.82, 2.24) is 4.57 Å². The Morgan fingerprint density at radius 3 is 2.42 bits per heavy atom. The van der Waals surface area contributed by atoms with E-state index in [1.165, 1.54) is 22.2 Å². The lowest BCUT2D eigenvalue weighted by atomic mass is 10.0. The van der Waals surface area contributed by atoms with Crippen molar-refractivity contribution < 1.29 is 18.9 Å². The summed E-state index contributed by atoms with van der Waals surface area (Å²) < 4.78 is 25.1. The first-order chi connectivity index (χ1) is 15.3. The zero-order valence-electron chi connectivity index (χ0n) is 17.8. The number of aryl methyl sites for hydroxylation is 1. The van der Waals surface area contributed by atoms with Crippen LogP contribution in [-0.4, -0.2) is 51.3 Å². The molecule has 5 nitrogen and oxygen atoms in total. The molecule has 31 heavy (non-hydrogen) atoms. The van der Waals surface area contributed by atoms with Gasteiger partial charge in [-0.2, -0.15) is 0 Å². The van der Waals surface area contributed by atoms with Crippen molar-refractivity contribution in [3.8, 4) is 11.4 Å². The van der Waals surface area contributed by atoms with Gasteiger partial charge in [0.15, 0.2) is 0 Å². The maximum atomic E-state index is 5.82. The Bertz CT molecular complexity index is 1030.